The van der Waals surface area contributed by atoms with Crippen LogP contribution in [-0.4, -0.2) is 17.3 Å². The molecule has 3 N–H and O–H groups in total. The normalized spacial score (nSPS) is 18.6. The molecule has 0 spiro atoms. The minimum Gasteiger partial charge on any atom is -0.392 e. The third-order valence-corrected chi connectivity index (χ3v) is 1.47. The Morgan fingerprint density at radius 3 is 1.90 bits per heavy atom. The zero-order chi connectivity index (χ0) is 8.36. The van der Waals surface area contributed by atoms with Crippen molar-refractivity contribution in [3.05, 3.63) is 0 Å². The van der Waals surface area contributed by atoms with Gasteiger partial charge in [0.2, 0.25) is 0 Å². The largest absolute Gasteiger partial charge is 0.392 e. The first kappa shape index (κ1) is 9.92. The van der Waals surface area contributed by atoms with Crippen LogP contribution in [0.25, 0.3) is 0 Å². The molecule has 0 saturated carbocycles. The smallest absolute Gasteiger partial charge is 0.0663 e. The van der Waals surface area contributed by atoms with Crippen LogP contribution >= 0.6 is 0 Å². The Morgan fingerprint density at radius 1 is 1.40 bits per heavy atom. The Labute approximate surface area is 63.4 Å². The third kappa shape index (κ3) is 4.77. The van der Waals surface area contributed by atoms with Crippen molar-refractivity contribution in [1.82, 2.24) is 0 Å². The van der Waals surface area contributed by atoms with E-state index in [1.54, 1.807) is 6.92 Å². The summed E-state index contributed by atoms with van der Waals surface area (Å²) in [5, 5.41) is 9.06. The molecule has 0 amide bonds. The van der Waals surface area contributed by atoms with Gasteiger partial charge in [-0.25, -0.2) is 0 Å². The minimum atomic E-state index is -0.390. The monoisotopic (exact) mass is 145 g/mol. The molecule has 0 aliphatic rings. The van der Waals surface area contributed by atoms with Crippen LogP contribution in [0.4, 0.5) is 0 Å². The van der Waals surface area contributed by atoms with Crippen LogP contribution in [0, 0.1) is 5.41 Å². The zero-order valence-electron chi connectivity index (χ0n) is 7.39. The van der Waals surface area contributed by atoms with E-state index >= 15 is 0 Å². The van der Waals surface area contributed by atoms with Gasteiger partial charge in [-0.3, -0.25) is 0 Å². The van der Waals surface area contributed by atoms with E-state index in [2.05, 4.69) is 20.8 Å². The number of aliphatic hydroxyl groups excluding tert-OH is 1. The lowest BCUT2D eigenvalue weighted by Crippen LogP contribution is -2.35. The first-order chi connectivity index (χ1) is 4.33. The molecule has 1 unspecified atom stereocenters. The van der Waals surface area contributed by atoms with Crippen LogP contribution in [0.2, 0.25) is 0 Å². The van der Waals surface area contributed by atoms with Gasteiger partial charge < -0.3 is 10.8 Å². The van der Waals surface area contributed by atoms with E-state index in [4.69, 9.17) is 10.8 Å². The van der Waals surface area contributed by atoms with Crippen molar-refractivity contribution in [2.45, 2.75) is 46.3 Å². The Hall–Kier alpha value is -0.0800. The summed E-state index contributed by atoms with van der Waals surface area (Å²) in [6, 6.07) is -0.0833. The van der Waals surface area contributed by atoms with Crippen LogP contribution in [-0.2, 0) is 0 Å². The van der Waals surface area contributed by atoms with Gasteiger partial charge in [0.05, 0.1) is 6.10 Å². The van der Waals surface area contributed by atoms with E-state index in [1.807, 2.05) is 0 Å². The van der Waals surface area contributed by atoms with Crippen molar-refractivity contribution in [3.63, 3.8) is 0 Å². The quantitative estimate of drug-likeness (QED) is 0.612. The maximum absolute atomic E-state index is 9.06. The Balaban J connectivity index is 3.68. The van der Waals surface area contributed by atoms with Crippen LogP contribution in [0.3, 0.4) is 0 Å². The molecule has 0 radical (unpaired) electrons. The summed E-state index contributed by atoms with van der Waals surface area (Å²) in [7, 11) is 0. The molecule has 2 atom stereocenters. The second kappa shape index (κ2) is 3.35. The van der Waals surface area contributed by atoms with Crippen molar-refractivity contribution in [2.75, 3.05) is 0 Å². The molecule has 0 aliphatic carbocycles. The van der Waals surface area contributed by atoms with E-state index in [-0.39, 0.29) is 17.6 Å². The second-order valence-electron chi connectivity index (χ2n) is 4.17. The summed E-state index contributed by atoms with van der Waals surface area (Å²) in [6.07, 6.45) is 0.476. The molecule has 0 aromatic rings. The summed E-state index contributed by atoms with van der Waals surface area (Å²) in [5.41, 5.74) is 5.87. The van der Waals surface area contributed by atoms with Gasteiger partial charge in [-0.2, -0.15) is 0 Å². The molecule has 0 bridgehead atoms. The highest BCUT2D eigenvalue weighted by Crippen LogP contribution is 2.20. The van der Waals surface area contributed by atoms with E-state index in [0.717, 1.165) is 6.42 Å². The third-order valence-electron chi connectivity index (χ3n) is 1.47. The molecule has 0 rings (SSSR count). The van der Waals surface area contributed by atoms with Gasteiger partial charge >= 0.3 is 0 Å². The van der Waals surface area contributed by atoms with Gasteiger partial charge in [0.25, 0.3) is 0 Å². The minimum absolute atomic E-state index is 0.0833. The predicted octanol–water partition coefficient (Wildman–Crippen LogP) is 1.13. The molecule has 0 saturated heterocycles. The summed E-state index contributed by atoms with van der Waals surface area (Å²) < 4.78 is 0. The average Bonchev–Trinajstić information content (AvgIpc) is 1.60. The number of aliphatic hydroxyl groups is 1. The van der Waals surface area contributed by atoms with Gasteiger partial charge in [-0.1, -0.05) is 20.8 Å². The average molecular weight is 145 g/mol. The summed E-state index contributed by atoms with van der Waals surface area (Å²) in [4.78, 5) is 0. The van der Waals surface area contributed by atoms with E-state index in [9.17, 15) is 0 Å². The van der Waals surface area contributed by atoms with Crippen molar-refractivity contribution in [2.24, 2.45) is 11.1 Å². The summed E-state index contributed by atoms with van der Waals surface area (Å²) in [5.74, 6) is 0. The number of hydrogen-bond donors (Lipinski definition) is 2. The molecular formula is C8H19NO. The fourth-order valence-electron chi connectivity index (χ4n) is 0.878. The molecular weight excluding hydrogens is 126 g/mol. The highest BCUT2D eigenvalue weighted by atomic mass is 16.3. The molecule has 2 nitrogen and oxygen atoms in total. The van der Waals surface area contributed by atoms with E-state index in [0.29, 0.717) is 0 Å². The number of nitrogens with two attached hydrogens (primary N) is 1. The lowest BCUT2D eigenvalue weighted by atomic mass is 9.87. The van der Waals surface area contributed by atoms with Crippen molar-refractivity contribution < 1.29 is 5.11 Å². The predicted molar refractivity (Wildman–Crippen MR) is 43.7 cm³/mol. The first-order valence-electron chi connectivity index (χ1n) is 3.76. The SMILES string of the molecule is C[C@H](O)C(N)CC(C)(C)C. The summed E-state index contributed by atoms with van der Waals surface area (Å²) >= 11 is 0. The van der Waals surface area contributed by atoms with Crippen LogP contribution in [0.1, 0.15) is 34.1 Å². The molecule has 2 heteroatoms. The number of hydrogen-bond acceptors (Lipinski definition) is 2. The molecule has 62 valence electrons. The van der Waals surface area contributed by atoms with E-state index < -0.39 is 0 Å². The molecule has 0 aromatic carbocycles. The standard InChI is InChI=1S/C8H19NO/c1-6(10)7(9)5-8(2,3)4/h6-7,10H,5,9H2,1-4H3/t6-,7?/m0/s1. The fraction of sp³-hybridized carbons (Fsp3) is 1.00. The molecule has 10 heavy (non-hydrogen) atoms. The van der Waals surface area contributed by atoms with Gasteiger partial charge in [0, 0.05) is 6.04 Å². The zero-order valence-corrected chi connectivity index (χ0v) is 7.39. The molecule has 0 fully saturated rings. The van der Waals surface area contributed by atoms with Crippen LogP contribution in [0.5, 0.6) is 0 Å². The molecule has 0 aromatic heterocycles. The lowest BCUT2D eigenvalue weighted by molar-refractivity contribution is 0.139. The Bertz CT molecular complexity index is 93.9. The maximum atomic E-state index is 9.06. The first-order valence-corrected chi connectivity index (χ1v) is 3.76. The van der Waals surface area contributed by atoms with Crippen LogP contribution in [0.15, 0.2) is 0 Å². The van der Waals surface area contributed by atoms with Crippen molar-refractivity contribution >= 4 is 0 Å². The van der Waals surface area contributed by atoms with Gasteiger partial charge in [0.1, 0.15) is 0 Å². The Kier molecular flexibility index (Phi) is 3.33. The highest BCUT2D eigenvalue weighted by Gasteiger charge is 2.18. The van der Waals surface area contributed by atoms with E-state index in [1.165, 1.54) is 0 Å². The van der Waals surface area contributed by atoms with Crippen LogP contribution < -0.4 is 5.73 Å². The van der Waals surface area contributed by atoms with Gasteiger partial charge in [-0.15, -0.1) is 0 Å². The van der Waals surface area contributed by atoms with Crippen molar-refractivity contribution in [3.8, 4) is 0 Å². The number of rotatable bonds is 2. The van der Waals surface area contributed by atoms with Gasteiger partial charge in [-0.05, 0) is 18.8 Å². The summed E-state index contributed by atoms with van der Waals surface area (Å²) in [6.45, 7) is 8.09. The maximum Gasteiger partial charge on any atom is 0.0663 e. The van der Waals surface area contributed by atoms with Gasteiger partial charge in [0.15, 0.2) is 0 Å². The molecule has 0 aliphatic heterocycles. The molecule has 0 heterocycles. The van der Waals surface area contributed by atoms with Crippen molar-refractivity contribution in [1.29, 1.82) is 0 Å². The second-order valence-corrected chi connectivity index (χ2v) is 4.17. The Morgan fingerprint density at radius 2 is 1.80 bits per heavy atom. The lowest BCUT2D eigenvalue weighted by Gasteiger charge is -2.24. The fourth-order valence-corrected chi connectivity index (χ4v) is 0.878. The topological polar surface area (TPSA) is 46.2 Å². The highest BCUT2D eigenvalue weighted by molar-refractivity contribution is 4.74.